The van der Waals surface area contributed by atoms with Crippen LogP contribution in [-0.4, -0.2) is 23.1 Å². The lowest BCUT2D eigenvalue weighted by Crippen LogP contribution is -2.26. The van der Waals surface area contributed by atoms with E-state index in [1.807, 2.05) is 6.07 Å². The van der Waals surface area contributed by atoms with Crippen molar-refractivity contribution in [3.05, 3.63) is 48.8 Å². The molecule has 0 saturated carbocycles. The van der Waals surface area contributed by atoms with Gasteiger partial charge in [-0.1, -0.05) is 24.3 Å². The molecule has 1 aliphatic rings. The zero-order chi connectivity index (χ0) is 14.7. The van der Waals surface area contributed by atoms with Crippen molar-refractivity contribution >= 4 is 23.0 Å². The molecule has 1 aliphatic heterocycles. The van der Waals surface area contributed by atoms with Crippen LogP contribution in [0.3, 0.4) is 0 Å². The van der Waals surface area contributed by atoms with Crippen LogP contribution < -0.4 is 16.0 Å². The highest BCUT2D eigenvalue weighted by Gasteiger charge is 2.21. The van der Waals surface area contributed by atoms with Crippen LogP contribution in [0.1, 0.15) is 12.0 Å². The van der Waals surface area contributed by atoms with Gasteiger partial charge in [-0.15, -0.1) is 6.58 Å². The first kappa shape index (κ1) is 13.4. The highest BCUT2D eigenvalue weighted by molar-refractivity contribution is 5.80. The zero-order valence-electron chi connectivity index (χ0n) is 11.9. The molecule has 2 heterocycles. The largest absolute Gasteiger partial charge is 0.393 e. The van der Waals surface area contributed by atoms with Crippen molar-refractivity contribution in [2.24, 2.45) is 0 Å². The van der Waals surface area contributed by atoms with Gasteiger partial charge < -0.3 is 16.0 Å². The third-order valence-electron chi connectivity index (χ3n) is 3.64. The minimum Gasteiger partial charge on any atom is -0.393 e. The summed E-state index contributed by atoms with van der Waals surface area (Å²) in [5, 5.41) is 3.15. The molecule has 0 fully saturated rings. The number of rotatable bonds is 4. The van der Waals surface area contributed by atoms with Crippen molar-refractivity contribution in [2.75, 3.05) is 29.0 Å². The quantitative estimate of drug-likeness (QED) is 0.843. The molecule has 2 aromatic rings. The molecule has 0 bridgehead atoms. The fourth-order valence-electron chi connectivity index (χ4n) is 2.66. The molecule has 0 unspecified atom stereocenters. The molecule has 0 spiro atoms. The summed E-state index contributed by atoms with van der Waals surface area (Å²) in [7, 11) is 0. The summed E-state index contributed by atoms with van der Waals surface area (Å²) in [5.74, 6) is 1.42. The summed E-state index contributed by atoms with van der Waals surface area (Å²) in [6.07, 6.45) is 5.51. The Hall–Kier alpha value is -2.56. The summed E-state index contributed by atoms with van der Waals surface area (Å²) in [5.41, 5.74) is 9.35. The monoisotopic (exact) mass is 281 g/mol. The molecule has 5 nitrogen and oxygen atoms in total. The molecule has 5 heteroatoms. The first-order valence-corrected chi connectivity index (χ1v) is 7.12. The molecule has 108 valence electrons. The van der Waals surface area contributed by atoms with Gasteiger partial charge in [0.15, 0.2) is 11.6 Å². The molecule has 0 amide bonds. The molecule has 1 aromatic carbocycles. The third kappa shape index (κ3) is 2.54. The van der Waals surface area contributed by atoms with E-state index in [1.165, 1.54) is 11.3 Å². The normalized spacial score (nSPS) is 13.6. The van der Waals surface area contributed by atoms with E-state index >= 15 is 0 Å². The van der Waals surface area contributed by atoms with Gasteiger partial charge in [0, 0.05) is 18.8 Å². The van der Waals surface area contributed by atoms with Crippen molar-refractivity contribution in [1.82, 2.24) is 9.97 Å². The lowest BCUT2D eigenvalue weighted by molar-refractivity contribution is 0.759. The summed E-state index contributed by atoms with van der Waals surface area (Å²) >= 11 is 0. The van der Waals surface area contributed by atoms with E-state index in [0.717, 1.165) is 25.2 Å². The topological polar surface area (TPSA) is 67.1 Å². The third-order valence-corrected chi connectivity index (χ3v) is 3.64. The first-order valence-electron chi connectivity index (χ1n) is 7.12. The fraction of sp³-hybridized carbons (Fsp3) is 0.250. The van der Waals surface area contributed by atoms with Gasteiger partial charge in [-0.3, -0.25) is 0 Å². The maximum atomic E-state index is 6.25. The van der Waals surface area contributed by atoms with Crippen LogP contribution in [0.4, 0.5) is 23.0 Å². The Kier molecular flexibility index (Phi) is 3.73. The Bertz CT molecular complexity index is 653. The molecular weight excluding hydrogens is 262 g/mol. The number of fused-ring (bicyclic) bond motifs is 1. The Labute approximate surface area is 124 Å². The van der Waals surface area contributed by atoms with Gasteiger partial charge >= 0.3 is 0 Å². The predicted octanol–water partition coefficient (Wildman–Crippen LogP) is 2.74. The van der Waals surface area contributed by atoms with E-state index in [2.05, 4.69) is 45.0 Å². The Morgan fingerprint density at radius 1 is 1.33 bits per heavy atom. The average Bonchev–Trinajstić information content (AvgIpc) is 2.53. The second-order valence-corrected chi connectivity index (χ2v) is 5.01. The van der Waals surface area contributed by atoms with E-state index in [4.69, 9.17) is 5.73 Å². The van der Waals surface area contributed by atoms with Gasteiger partial charge in [-0.2, -0.15) is 0 Å². The highest BCUT2D eigenvalue weighted by Crippen LogP contribution is 2.36. The van der Waals surface area contributed by atoms with Gasteiger partial charge in [0.1, 0.15) is 12.0 Å². The maximum absolute atomic E-state index is 6.25. The van der Waals surface area contributed by atoms with Crippen molar-refractivity contribution in [1.29, 1.82) is 0 Å². The molecule has 3 N–H and O–H groups in total. The lowest BCUT2D eigenvalue weighted by atomic mass is 10.0. The number of anilines is 4. The molecule has 21 heavy (non-hydrogen) atoms. The first-order chi connectivity index (χ1) is 10.3. The highest BCUT2D eigenvalue weighted by atomic mass is 15.2. The van der Waals surface area contributed by atoms with Crippen molar-refractivity contribution in [3.8, 4) is 0 Å². The molecule has 0 saturated heterocycles. The number of nitrogens with one attached hydrogen (secondary N) is 1. The number of nitrogens with two attached hydrogens (primary N) is 1. The maximum Gasteiger partial charge on any atom is 0.161 e. The van der Waals surface area contributed by atoms with Gasteiger partial charge in [0.2, 0.25) is 0 Å². The van der Waals surface area contributed by atoms with E-state index < -0.39 is 0 Å². The fourth-order valence-corrected chi connectivity index (χ4v) is 2.66. The number of hydrogen-bond acceptors (Lipinski definition) is 5. The number of aromatic nitrogens is 2. The Morgan fingerprint density at radius 2 is 2.19 bits per heavy atom. The molecule has 0 atom stereocenters. The summed E-state index contributed by atoms with van der Waals surface area (Å²) in [6, 6.07) is 8.40. The number of aryl methyl sites for hydroxylation is 1. The molecular formula is C16H19N5. The van der Waals surface area contributed by atoms with Crippen molar-refractivity contribution in [3.63, 3.8) is 0 Å². The second kappa shape index (κ2) is 5.83. The Balaban J connectivity index is 2.00. The zero-order valence-corrected chi connectivity index (χ0v) is 11.9. The van der Waals surface area contributed by atoms with Crippen LogP contribution in [-0.2, 0) is 6.42 Å². The molecule has 0 aliphatic carbocycles. The van der Waals surface area contributed by atoms with Gasteiger partial charge in [-0.25, -0.2) is 9.97 Å². The van der Waals surface area contributed by atoms with E-state index in [1.54, 1.807) is 12.4 Å². The minimum absolute atomic E-state index is 0.580. The van der Waals surface area contributed by atoms with E-state index in [-0.39, 0.29) is 0 Å². The van der Waals surface area contributed by atoms with E-state index in [9.17, 15) is 0 Å². The number of benzene rings is 1. The minimum atomic E-state index is 0.580. The standard InChI is InChI=1S/C16H19N5/c1-2-9-18-15-14(17)16(20-11-19-15)21-10-5-7-12-6-3-4-8-13(12)21/h2-4,6,8,11H,1,5,7,9-10,17H2,(H,18,19,20). The van der Waals surface area contributed by atoms with Crippen LogP contribution in [0.15, 0.2) is 43.2 Å². The molecule has 3 rings (SSSR count). The van der Waals surface area contributed by atoms with Gasteiger partial charge in [0.05, 0.1) is 0 Å². The number of hydrogen-bond donors (Lipinski definition) is 2. The number of nitrogen functional groups attached to an aromatic ring is 1. The van der Waals surface area contributed by atoms with Crippen LogP contribution in [0.2, 0.25) is 0 Å². The summed E-state index contributed by atoms with van der Waals surface area (Å²) in [6.45, 7) is 5.23. The van der Waals surface area contributed by atoms with Crippen molar-refractivity contribution in [2.45, 2.75) is 12.8 Å². The second-order valence-electron chi connectivity index (χ2n) is 5.01. The average molecular weight is 281 g/mol. The SMILES string of the molecule is C=CCNc1ncnc(N2CCCc3ccccc32)c1N. The lowest BCUT2D eigenvalue weighted by Gasteiger charge is -2.31. The van der Waals surface area contributed by atoms with Crippen LogP contribution in [0.25, 0.3) is 0 Å². The summed E-state index contributed by atoms with van der Waals surface area (Å²) in [4.78, 5) is 10.8. The smallest absolute Gasteiger partial charge is 0.161 e. The van der Waals surface area contributed by atoms with Crippen LogP contribution >= 0.6 is 0 Å². The summed E-state index contributed by atoms with van der Waals surface area (Å²) < 4.78 is 0. The van der Waals surface area contributed by atoms with E-state index in [0.29, 0.717) is 18.1 Å². The number of nitrogens with zero attached hydrogens (tertiary/aromatic N) is 3. The number of para-hydroxylation sites is 1. The van der Waals surface area contributed by atoms with Crippen LogP contribution in [0.5, 0.6) is 0 Å². The van der Waals surface area contributed by atoms with Gasteiger partial charge in [-0.05, 0) is 24.5 Å². The van der Waals surface area contributed by atoms with Crippen LogP contribution in [0, 0.1) is 0 Å². The molecule has 1 aromatic heterocycles. The van der Waals surface area contributed by atoms with Crippen molar-refractivity contribution < 1.29 is 0 Å². The van der Waals surface area contributed by atoms with Gasteiger partial charge in [0.25, 0.3) is 0 Å². The molecule has 0 radical (unpaired) electrons. The Morgan fingerprint density at radius 3 is 3.05 bits per heavy atom. The predicted molar refractivity (Wildman–Crippen MR) is 86.9 cm³/mol.